The molecule has 0 saturated heterocycles. The summed E-state index contributed by atoms with van der Waals surface area (Å²) in [5.74, 6) is 0.379. The fourth-order valence-corrected chi connectivity index (χ4v) is 5.05. The van der Waals surface area contributed by atoms with Crippen molar-refractivity contribution in [1.29, 1.82) is 0 Å². The van der Waals surface area contributed by atoms with Gasteiger partial charge in [0.25, 0.3) is 15.9 Å². The van der Waals surface area contributed by atoms with Crippen molar-refractivity contribution in [3.05, 3.63) is 60.2 Å². The maximum atomic E-state index is 12.7. The molecule has 166 valence electrons. The molecule has 0 radical (unpaired) electrons. The Balaban J connectivity index is 1.62. The average Bonchev–Trinajstić information content (AvgIpc) is 2.77. The van der Waals surface area contributed by atoms with E-state index in [1.54, 1.807) is 54.6 Å². The number of benzene rings is 2. The van der Waals surface area contributed by atoms with Crippen LogP contribution in [0.3, 0.4) is 0 Å². The van der Waals surface area contributed by atoms with E-state index in [-0.39, 0.29) is 10.8 Å². The smallest absolute Gasteiger partial charge is 0.269 e. The van der Waals surface area contributed by atoms with Crippen molar-refractivity contribution in [1.82, 2.24) is 5.43 Å². The van der Waals surface area contributed by atoms with Gasteiger partial charge in [-0.2, -0.15) is 5.10 Å². The highest BCUT2D eigenvalue weighted by Gasteiger charge is 2.28. The van der Waals surface area contributed by atoms with Gasteiger partial charge in [0.1, 0.15) is 0 Å². The predicted molar refractivity (Wildman–Crippen MR) is 125 cm³/mol. The van der Waals surface area contributed by atoms with E-state index in [2.05, 4.69) is 31.3 Å². The Kier molecular flexibility index (Phi) is 6.84. The summed E-state index contributed by atoms with van der Waals surface area (Å²) >= 11 is 0. The van der Waals surface area contributed by atoms with Crippen LogP contribution < -0.4 is 9.73 Å². The molecule has 0 bridgehead atoms. The quantitative estimate of drug-likeness (QED) is 0.675. The number of hydrogen-bond donors (Lipinski definition) is 1. The van der Waals surface area contributed by atoms with Crippen LogP contribution in [-0.2, 0) is 10.0 Å². The van der Waals surface area contributed by atoms with Gasteiger partial charge in [0.05, 0.1) is 10.6 Å². The van der Waals surface area contributed by atoms with Gasteiger partial charge in [-0.15, -0.1) is 0 Å². The number of anilines is 1. The molecular formula is C24H31N3O3S. The van der Waals surface area contributed by atoms with Crippen molar-refractivity contribution in [2.75, 3.05) is 11.4 Å². The highest BCUT2D eigenvalue weighted by molar-refractivity contribution is 7.92. The minimum Gasteiger partial charge on any atom is -0.269 e. The second-order valence-electron chi connectivity index (χ2n) is 9.09. The minimum atomic E-state index is -3.65. The molecule has 2 aromatic rings. The third-order valence-corrected chi connectivity index (χ3v) is 7.80. The summed E-state index contributed by atoms with van der Waals surface area (Å²) in [6.45, 7) is 6.81. The summed E-state index contributed by atoms with van der Waals surface area (Å²) < 4.78 is 26.7. The van der Waals surface area contributed by atoms with E-state index in [1.165, 1.54) is 11.4 Å². The lowest BCUT2D eigenvalue weighted by Gasteiger charge is -2.34. The molecule has 3 rings (SSSR count). The van der Waals surface area contributed by atoms with Crippen LogP contribution in [0.2, 0.25) is 0 Å². The van der Waals surface area contributed by atoms with Crippen LogP contribution in [0.4, 0.5) is 5.69 Å². The number of hydrogen-bond acceptors (Lipinski definition) is 4. The van der Waals surface area contributed by atoms with Crippen LogP contribution in [0.15, 0.2) is 64.6 Å². The van der Waals surface area contributed by atoms with E-state index in [4.69, 9.17) is 0 Å². The zero-order chi connectivity index (χ0) is 22.6. The molecule has 0 heterocycles. The Labute approximate surface area is 185 Å². The highest BCUT2D eigenvalue weighted by Crippen LogP contribution is 2.36. The van der Waals surface area contributed by atoms with Crippen LogP contribution in [0.1, 0.15) is 56.8 Å². The molecule has 1 aliphatic rings. The fourth-order valence-electron chi connectivity index (χ4n) is 3.84. The van der Waals surface area contributed by atoms with Crippen LogP contribution in [0.5, 0.6) is 0 Å². The molecule has 0 spiro atoms. The van der Waals surface area contributed by atoms with Gasteiger partial charge in [-0.05, 0) is 73.4 Å². The summed E-state index contributed by atoms with van der Waals surface area (Å²) in [6, 6.07) is 14.7. The third kappa shape index (κ3) is 5.53. The Hall–Kier alpha value is -2.67. The lowest BCUT2D eigenvalue weighted by atomic mass is 9.72. The topological polar surface area (TPSA) is 78.8 Å². The second-order valence-corrected chi connectivity index (χ2v) is 11.1. The molecule has 1 fully saturated rings. The molecule has 1 aliphatic carbocycles. The monoisotopic (exact) mass is 441 g/mol. The molecule has 0 aromatic heterocycles. The van der Waals surface area contributed by atoms with E-state index < -0.39 is 10.0 Å². The minimum absolute atomic E-state index is 0.219. The number of carbonyl (C=O) groups is 1. The van der Waals surface area contributed by atoms with E-state index in [1.807, 2.05) is 0 Å². The molecule has 0 unspecified atom stereocenters. The van der Waals surface area contributed by atoms with Crippen LogP contribution in [0.25, 0.3) is 0 Å². The first kappa shape index (κ1) is 23.0. The Bertz CT molecular complexity index is 1030. The normalized spacial score (nSPS) is 17.2. The summed E-state index contributed by atoms with van der Waals surface area (Å²) in [6.07, 6.45) is 4.00. The molecule has 2 aromatic carbocycles. The SMILES string of the molecule is CN(c1ccc(C(=O)NN=C2CCC(C(C)(C)C)CC2)cc1)S(=O)(=O)c1ccccc1. The zero-order valence-electron chi connectivity index (χ0n) is 18.6. The van der Waals surface area contributed by atoms with Crippen molar-refractivity contribution in [2.24, 2.45) is 16.4 Å². The van der Waals surface area contributed by atoms with Gasteiger partial charge >= 0.3 is 0 Å². The van der Waals surface area contributed by atoms with Gasteiger partial charge in [0.15, 0.2) is 0 Å². The van der Waals surface area contributed by atoms with Gasteiger partial charge in [-0.3, -0.25) is 9.10 Å². The van der Waals surface area contributed by atoms with Crippen LogP contribution in [-0.4, -0.2) is 27.1 Å². The molecule has 1 amide bonds. The van der Waals surface area contributed by atoms with Crippen molar-refractivity contribution in [2.45, 2.75) is 51.3 Å². The number of sulfonamides is 1. The van der Waals surface area contributed by atoms with Crippen molar-refractivity contribution in [3.8, 4) is 0 Å². The number of nitrogens with one attached hydrogen (secondary N) is 1. The lowest BCUT2D eigenvalue weighted by molar-refractivity contribution is 0.0954. The first-order valence-electron chi connectivity index (χ1n) is 10.6. The highest BCUT2D eigenvalue weighted by atomic mass is 32.2. The van der Waals surface area contributed by atoms with E-state index in [0.29, 0.717) is 22.6 Å². The number of carbonyl (C=O) groups excluding carboxylic acids is 1. The number of hydrazone groups is 1. The standard InChI is InChI=1S/C24H31N3O3S/c1-24(2,3)19-12-14-20(15-13-19)25-26-23(28)18-10-16-21(17-11-18)27(4)31(29,30)22-8-6-5-7-9-22/h5-11,16-17,19H,12-15H2,1-4H3,(H,26,28). The Morgan fingerprint density at radius 2 is 1.58 bits per heavy atom. The molecule has 31 heavy (non-hydrogen) atoms. The average molecular weight is 442 g/mol. The summed E-state index contributed by atoms with van der Waals surface area (Å²) in [5.41, 5.74) is 4.89. The van der Waals surface area contributed by atoms with Crippen molar-refractivity contribution < 1.29 is 13.2 Å². The summed E-state index contributed by atoms with van der Waals surface area (Å²) in [7, 11) is -2.16. The molecule has 1 saturated carbocycles. The predicted octanol–water partition coefficient (Wildman–Crippen LogP) is 4.83. The lowest BCUT2D eigenvalue weighted by Crippen LogP contribution is -2.28. The van der Waals surface area contributed by atoms with Crippen LogP contribution >= 0.6 is 0 Å². The van der Waals surface area contributed by atoms with E-state index in [9.17, 15) is 13.2 Å². The van der Waals surface area contributed by atoms with E-state index in [0.717, 1.165) is 31.4 Å². The largest absolute Gasteiger partial charge is 0.271 e. The first-order valence-corrected chi connectivity index (χ1v) is 12.0. The maximum absolute atomic E-state index is 12.7. The van der Waals surface area contributed by atoms with Crippen molar-refractivity contribution in [3.63, 3.8) is 0 Å². The Morgan fingerprint density at radius 3 is 2.13 bits per heavy atom. The van der Waals surface area contributed by atoms with Gasteiger partial charge in [-0.25, -0.2) is 13.8 Å². The number of nitrogens with zero attached hydrogens (tertiary/aromatic N) is 2. The summed E-state index contributed by atoms with van der Waals surface area (Å²) in [5, 5.41) is 4.32. The molecular weight excluding hydrogens is 410 g/mol. The number of amides is 1. The number of rotatable bonds is 5. The molecule has 6 nitrogen and oxygen atoms in total. The van der Waals surface area contributed by atoms with E-state index >= 15 is 0 Å². The second kappa shape index (κ2) is 9.22. The van der Waals surface area contributed by atoms with Gasteiger partial charge in [-0.1, -0.05) is 39.0 Å². The molecule has 7 heteroatoms. The third-order valence-electron chi connectivity index (χ3n) is 6.00. The zero-order valence-corrected chi connectivity index (χ0v) is 19.4. The molecule has 1 N–H and O–H groups in total. The van der Waals surface area contributed by atoms with Crippen molar-refractivity contribution >= 4 is 27.3 Å². The van der Waals surface area contributed by atoms with Crippen LogP contribution in [0, 0.1) is 11.3 Å². The maximum Gasteiger partial charge on any atom is 0.271 e. The van der Waals surface area contributed by atoms with Gasteiger partial charge in [0, 0.05) is 18.3 Å². The van der Waals surface area contributed by atoms with Gasteiger partial charge < -0.3 is 0 Å². The molecule has 0 atom stereocenters. The first-order chi connectivity index (χ1) is 14.6. The molecule has 0 aliphatic heterocycles. The van der Waals surface area contributed by atoms with Gasteiger partial charge in [0.2, 0.25) is 0 Å². The fraction of sp³-hybridized carbons (Fsp3) is 0.417. The Morgan fingerprint density at radius 1 is 1.00 bits per heavy atom. The summed E-state index contributed by atoms with van der Waals surface area (Å²) in [4.78, 5) is 12.7.